The maximum absolute atomic E-state index is 12.2. The first-order valence-electron chi connectivity index (χ1n) is 4.12. The van der Waals surface area contributed by atoms with E-state index in [1.165, 1.54) is 11.8 Å². The lowest BCUT2D eigenvalue weighted by Crippen LogP contribution is -2.11. The van der Waals surface area contributed by atoms with E-state index >= 15 is 0 Å². The molecule has 1 heterocycles. The monoisotopic (exact) mass is 269 g/mol. The fourth-order valence-corrected chi connectivity index (χ4v) is 1.69. The van der Waals surface area contributed by atoms with Gasteiger partial charge in [0.1, 0.15) is 10.8 Å². The van der Waals surface area contributed by atoms with E-state index in [0.29, 0.717) is 0 Å². The number of carbonyl (C=O) groups is 1. The Labute approximate surface area is 99.2 Å². The zero-order valence-corrected chi connectivity index (χ0v) is 9.71. The van der Waals surface area contributed by atoms with E-state index < -0.39 is 17.0 Å². The highest BCUT2D eigenvalue weighted by atomic mass is 35.5. The molecule has 0 amide bonds. The van der Waals surface area contributed by atoms with Gasteiger partial charge in [-0.05, 0) is 18.4 Å². The second kappa shape index (κ2) is 5.05. The van der Waals surface area contributed by atoms with Crippen molar-refractivity contribution < 1.29 is 18.0 Å². The van der Waals surface area contributed by atoms with Crippen molar-refractivity contribution in [3.05, 3.63) is 28.5 Å². The van der Waals surface area contributed by atoms with Crippen LogP contribution in [0.15, 0.2) is 12.1 Å². The van der Waals surface area contributed by atoms with Crippen LogP contribution < -0.4 is 0 Å². The Bertz CT molecular complexity index is 408. The minimum absolute atomic E-state index is 0.0176. The van der Waals surface area contributed by atoms with Crippen LogP contribution in [0.4, 0.5) is 13.2 Å². The number of hydrogen-bond acceptors (Lipinski definition) is 3. The van der Waals surface area contributed by atoms with Crippen molar-refractivity contribution in [1.29, 1.82) is 0 Å². The standard InChI is InChI=1S/C9H7ClF3NOS/c1-16-4-6(15)5-2-3-7(9(11,12)13)14-8(5)10/h2-3H,4H2,1H3. The lowest BCUT2D eigenvalue weighted by molar-refractivity contribution is -0.141. The van der Waals surface area contributed by atoms with Crippen molar-refractivity contribution in [1.82, 2.24) is 4.98 Å². The van der Waals surface area contributed by atoms with Gasteiger partial charge in [-0.3, -0.25) is 4.79 Å². The van der Waals surface area contributed by atoms with Crippen LogP contribution in [-0.4, -0.2) is 22.8 Å². The first-order valence-corrected chi connectivity index (χ1v) is 5.89. The summed E-state index contributed by atoms with van der Waals surface area (Å²) in [7, 11) is 0. The molecular formula is C9H7ClF3NOS. The third kappa shape index (κ3) is 3.12. The van der Waals surface area contributed by atoms with Crippen LogP contribution in [-0.2, 0) is 6.18 Å². The molecule has 0 radical (unpaired) electrons. The van der Waals surface area contributed by atoms with E-state index in [1.54, 1.807) is 6.26 Å². The summed E-state index contributed by atoms with van der Waals surface area (Å²) in [6.45, 7) is 0. The first-order chi connectivity index (χ1) is 7.36. The number of nitrogens with zero attached hydrogens (tertiary/aromatic N) is 1. The zero-order valence-electron chi connectivity index (χ0n) is 8.14. The summed E-state index contributed by atoms with van der Waals surface area (Å²) in [6, 6.07) is 1.80. The Morgan fingerprint density at radius 2 is 2.12 bits per heavy atom. The molecule has 0 N–H and O–H groups in total. The van der Waals surface area contributed by atoms with Crippen molar-refractivity contribution >= 4 is 29.1 Å². The average molecular weight is 270 g/mol. The molecule has 1 aromatic heterocycles. The summed E-state index contributed by atoms with van der Waals surface area (Å²) in [6.07, 6.45) is -2.84. The molecule has 0 fully saturated rings. The number of aromatic nitrogens is 1. The number of ketones is 1. The minimum atomic E-state index is -4.55. The molecule has 7 heteroatoms. The van der Waals surface area contributed by atoms with E-state index in [1.807, 2.05) is 0 Å². The second-order valence-corrected chi connectivity index (χ2v) is 4.11. The predicted molar refractivity (Wildman–Crippen MR) is 57.0 cm³/mol. The zero-order chi connectivity index (χ0) is 12.3. The fraction of sp³-hybridized carbons (Fsp3) is 0.333. The van der Waals surface area contributed by atoms with Crippen molar-refractivity contribution in [2.75, 3.05) is 12.0 Å². The summed E-state index contributed by atoms with van der Waals surface area (Å²) in [5.41, 5.74) is -1.08. The van der Waals surface area contributed by atoms with Crippen LogP contribution in [0.25, 0.3) is 0 Å². The SMILES string of the molecule is CSCC(=O)c1ccc(C(F)(F)F)nc1Cl. The van der Waals surface area contributed by atoms with E-state index in [-0.39, 0.29) is 17.1 Å². The van der Waals surface area contributed by atoms with Crippen LogP contribution >= 0.6 is 23.4 Å². The number of Topliss-reactive ketones (excluding diaryl/α,β-unsaturated/α-hetero) is 1. The molecule has 0 spiro atoms. The van der Waals surface area contributed by atoms with Crippen molar-refractivity contribution in [3.8, 4) is 0 Å². The molecule has 2 nitrogen and oxygen atoms in total. The highest BCUT2D eigenvalue weighted by Gasteiger charge is 2.33. The van der Waals surface area contributed by atoms with Crippen LogP contribution in [0.1, 0.15) is 16.1 Å². The van der Waals surface area contributed by atoms with E-state index in [9.17, 15) is 18.0 Å². The minimum Gasteiger partial charge on any atom is -0.293 e. The van der Waals surface area contributed by atoms with E-state index in [2.05, 4.69) is 4.98 Å². The smallest absolute Gasteiger partial charge is 0.293 e. The molecule has 0 aliphatic rings. The number of alkyl halides is 3. The summed E-state index contributed by atoms with van der Waals surface area (Å²) in [5, 5.41) is -0.408. The van der Waals surface area contributed by atoms with Crippen molar-refractivity contribution in [2.45, 2.75) is 6.18 Å². The Balaban J connectivity index is 3.05. The molecular weight excluding hydrogens is 263 g/mol. The maximum Gasteiger partial charge on any atom is 0.433 e. The van der Waals surface area contributed by atoms with Crippen molar-refractivity contribution in [3.63, 3.8) is 0 Å². The number of pyridine rings is 1. The van der Waals surface area contributed by atoms with Gasteiger partial charge in [-0.1, -0.05) is 11.6 Å². The van der Waals surface area contributed by atoms with Gasteiger partial charge in [-0.2, -0.15) is 24.9 Å². The van der Waals surface area contributed by atoms with E-state index in [4.69, 9.17) is 11.6 Å². The molecule has 0 unspecified atom stereocenters. The number of rotatable bonds is 3. The van der Waals surface area contributed by atoms with Gasteiger partial charge in [-0.25, -0.2) is 4.98 Å². The first kappa shape index (κ1) is 13.3. The third-order valence-corrected chi connectivity index (χ3v) is 2.55. The van der Waals surface area contributed by atoms with Gasteiger partial charge in [0.15, 0.2) is 5.78 Å². The third-order valence-electron chi connectivity index (χ3n) is 1.72. The van der Waals surface area contributed by atoms with Gasteiger partial charge < -0.3 is 0 Å². The largest absolute Gasteiger partial charge is 0.433 e. The molecule has 0 atom stereocenters. The highest BCUT2D eigenvalue weighted by Crippen LogP contribution is 2.29. The molecule has 0 aliphatic carbocycles. The number of hydrogen-bond donors (Lipinski definition) is 0. The molecule has 0 aliphatic heterocycles. The summed E-state index contributed by atoms with van der Waals surface area (Å²) in [4.78, 5) is 14.6. The van der Waals surface area contributed by atoms with Crippen LogP contribution in [0, 0.1) is 0 Å². The molecule has 88 valence electrons. The lowest BCUT2D eigenvalue weighted by Gasteiger charge is -2.07. The van der Waals surface area contributed by atoms with Crippen LogP contribution in [0.2, 0.25) is 5.15 Å². The predicted octanol–water partition coefficient (Wildman–Crippen LogP) is 3.30. The van der Waals surface area contributed by atoms with Gasteiger partial charge in [0, 0.05) is 0 Å². The molecule has 16 heavy (non-hydrogen) atoms. The Kier molecular flexibility index (Phi) is 4.21. The Morgan fingerprint density at radius 3 is 2.56 bits per heavy atom. The average Bonchev–Trinajstić information content (AvgIpc) is 2.16. The number of halogens is 4. The summed E-state index contributed by atoms with van der Waals surface area (Å²) in [5.74, 6) is -0.175. The Hall–Kier alpha value is -0.750. The van der Waals surface area contributed by atoms with Gasteiger partial charge in [0.25, 0.3) is 0 Å². The highest BCUT2D eigenvalue weighted by molar-refractivity contribution is 7.99. The molecule has 0 saturated carbocycles. The Morgan fingerprint density at radius 1 is 1.50 bits per heavy atom. The summed E-state index contributed by atoms with van der Waals surface area (Å²) >= 11 is 6.79. The second-order valence-electron chi connectivity index (χ2n) is 2.89. The molecule has 0 saturated heterocycles. The lowest BCUT2D eigenvalue weighted by atomic mass is 10.2. The fourth-order valence-electron chi connectivity index (χ4n) is 1.01. The van der Waals surface area contributed by atoms with E-state index in [0.717, 1.165) is 12.1 Å². The van der Waals surface area contributed by atoms with Gasteiger partial charge in [0.05, 0.1) is 11.3 Å². The number of carbonyl (C=O) groups excluding carboxylic acids is 1. The molecule has 1 rings (SSSR count). The van der Waals surface area contributed by atoms with Gasteiger partial charge in [0.2, 0.25) is 0 Å². The summed E-state index contributed by atoms with van der Waals surface area (Å²) < 4.78 is 36.7. The van der Waals surface area contributed by atoms with Crippen LogP contribution in [0.5, 0.6) is 0 Å². The molecule has 0 bridgehead atoms. The van der Waals surface area contributed by atoms with Crippen LogP contribution in [0.3, 0.4) is 0 Å². The normalized spacial score (nSPS) is 11.6. The molecule has 0 aromatic carbocycles. The van der Waals surface area contributed by atoms with Gasteiger partial charge >= 0.3 is 6.18 Å². The maximum atomic E-state index is 12.2. The quantitative estimate of drug-likeness (QED) is 0.623. The topological polar surface area (TPSA) is 30.0 Å². The van der Waals surface area contributed by atoms with Gasteiger partial charge in [-0.15, -0.1) is 0 Å². The van der Waals surface area contributed by atoms with Crippen molar-refractivity contribution in [2.24, 2.45) is 0 Å². The molecule has 1 aromatic rings. The number of thioether (sulfide) groups is 1.